The molecule has 0 saturated carbocycles. The van der Waals surface area contributed by atoms with Crippen molar-refractivity contribution in [3.8, 4) is 0 Å². The Morgan fingerprint density at radius 2 is 2.17 bits per heavy atom. The van der Waals surface area contributed by atoms with Crippen molar-refractivity contribution in [1.82, 2.24) is 15.5 Å². The van der Waals surface area contributed by atoms with E-state index in [2.05, 4.69) is 15.6 Å². The van der Waals surface area contributed by atoms with Gasteiger partial charge in [-0.1, -0.05) is 11.6 Å². The van der Waals surface area contributed by atoms with Crippen molar-refractivity contribution in [3.63, 3.8) is 0 Å². The van der Waals surface area contributed by atoms with Gasteiger partial charge in [0.1, 0.15) is 0 Å². The molecule has 0 atom stereocenters. The number of nitrogens with one attached hydrogen (secondary N) is 2. The molecular formula is C11H17ClN4OS. The first-order valence-corrected chi connectivity index (χ1v) is 6.61. The van der Waals surface area contributed by atoms with Crippen LogP contribution in [0.15, 0.2) is 17.1 Å². The average molecular weight is 289 g/mol. The van der Waals surface area contributed by atoms with E-state index < -0.39 is 0 Å². The van der Waals surface area contributed by atoms with Gasteiger partial charge in [0.2, 0.25) is 5.91 Å². The van der Waals surface area contributed by atoms with E-state index in [1.165, 1.54) is 16.2 Å². The largest absolute Gasteiger partial charge is 0.352 e. The fourth-order valence-electron chi connectivity index (χ4n) is 1.16. The van der Waals surface area contributed by atoms with Gasteiger partial charge in [-0.3, -0.25) is 9.79 Å². The summed E-state index contributed by atoms with van der Waals surface area (Å²) in [6.45, 7) is 0.852. The van der Waals surface area contributed by atoms with E-state index in [1.54, 1.807) is 21.1 Å². The summed E-state index contributed by atoms with van der Waals surface area (Å²) in [5.74, 6) is 0.590. The lowest BCUT2D eigenvalue weighted by atomic mass is 10.4. The Bertz CT molecular complexity index is 430. The molecule has 0 bridgehead atoms. The van der Waals surface area contributed by atoms with Crippen LogP contribution < -0.4 is 10.6 Å². The summed E-state index contributed by atoms with van der Waals surface area (Å²) in [5.41, 5.74) is 0. The molecule has 0 radical (unpaired) electrons. The number of nitrogens with zero attached hydrogens (tertiary/aromatic N) is 2. The zero-order chi connectivity index (χ0) is 13.5. The van der Waals surface area contributed by atoms with E-state index >= 15 is 0 Å². The predicted molar refractivity (Wildman–Crippen MR) is 76.2 cm³/mol. The normalized spacial score (nSPS) is 11.2. The summed E-state index contributed by atoms with van der Waals surface area (Å²) >= 11 is 7.36. The highest BCUT2D eigenvalue weighted by molar-refractivity contribution is 7.16. The Kier molecular flexibility index (Phi) is 5.94. The van der Waals surface area contributed by atoms with Crippen LogP contribution in [0.4, 0.5) is 0 Å². The molecular weight excluding hydrogens is 272 g/mol. The molecule has 18 heavy (non-hydrogen) atoms. The summed E-state index contributed by atoms with van der Waals surface area (Å²) in [6.07, 6.45) is 0. The molecule has 1 aromatic rings. The lowest BCUT2D eigenvalue weighted by Crippen LogP contribution is -2.42. The molecule has 0 unspecified atom stereocenters. The topological polar surface area (TPSA) is 56.7 Å². The van der Waals surface area contributed by atoms with Crippen molar-refractivity contribution in [3.05, 3.63) is 21.3 Å². The van der Waals surface area contributed by atoms with Gasteiger partial charge in [0.05, 0.1) is 17.4 Å². The van der Waals surface area contributed by atoms with Crippen LogP contribution in [-0.2, 0) is 11.3 Å². The molecule has 1 rings (SSSR count). The van der Waals surface area contributed by atoms with Crippen LogP contribution in [0.5, 0.6) is 0 Å². The van der Waals surface area contributed by atoms with E-state index in [-0.39, 0.29) is 12.5 Å². The molecule has 5 nitrogen and oxygen atoms in total. The summed E-state index contributed by atoms with van der Waals surface area (Å²) in [4.78, 5) is 18.1. The number of thiophene rings is 1. The molecule has 1 heterocycles. The van der Waals surface area contributed by atoms with Gasteiger partial charge in [-0.2, -0.15) is 0 Å². The van der Waals surface area contributed by atoms with Gasteiger partial charge in [-0.15, -0.1) is 11.3 Å². The van der Waals surface area contributed by atoms with Crippen LogP contribution in [0.3, 0.4) is 0 Å². The molecule has 0 aliphatic rings. The smallest absolute Gasteiger partial charge is 0.241 e. The van der Waals surface area contributed by atoms with Crippen LogP contribution in [0.2, 0.25) is 4.34 Å². The Morgan fingerprint density at radius 1 is 1.44 bits per heavy atom. The first-order valence-electron chi connectivity index (χ1n) is 5.42. The summed E-state index contributed by atoms with van der Waals surface area (Å²) in [7, 11) is 5.10. The third-order valence-electron chi connectivity index (χ3n) is 2.19. The van der Waals surface area contributed by atoms with Crippen molar-refractivity contribution in [1.29, 1.82) is 0 Å². The third kappa shape index (κ3) is 4.93. The second-order valence-electron chi connectivity index (χ2n) is 3.77. The van der Waals surface area contributed by atoms with Gasteiger partial charge in [-0.25, -0.2) is 0 Å². The van der Waals surface area contributed by atoms with Gasteiger partial charge < -0.3 is 15.5 Å². The number of guanidine groups is 1. The second-order valence-corrected chi connectivity index (χ2v) is 5.57. The lowest BCUT2D eigenvalue weighted by Gasteiger charge is -2.13. The van der Waals surface area contributed by atoms with Crippen molar-refractivity contribution in [2.45, 2.75) is 6.54 Å². The van der Waals surface area contributed by atoms with Crippen LogP contribution in [0.1, 0.15) is 4.88 Å². The standard InChI is InChI=1S/C11H17ClN4OS/c1-13-11(15-7-10(17)16(2)3)14-6-8-4-5-9(12)18-8/h4-5H,6-7H2,1-3H3,(H2,13,14,15). The highest BCUT2D eigenvalue weighted by Gasteiger charge is 2.05. The second kappa shape index (κ2) is 7.23. The molecule has 100 valence electrons. The number of likely N-dealkylation sites (N-methyl/N-ethyl adjacent to an activating group) is 1. The van der Waals surface area contributed by atoms with Gasteiger partial charge in [0.15, 0.2) is 5.96 Å². The van der Waals surface area contributed by atoms with E-state index in [0.717, 1.165) is 9.21 Å². The monoisotopic (exact) mass is 288 g/mol. The SMILES string of the molecule is CN=C(NCC(=O)N(C)C)NCc1ccc(Cl)s1. The Hall–Kier alpha value is -1.27. The third-order valence-corrected chi connectivity index (χ3v) is 3.42. The highest BCUT2D eigenvalue weighted by Crippen LogP contribution is 2.20. The minimum atomic E-state index is -0.00267. The summed E-state index contributed by atoms with van der Waals surface area (Å²) < 4.78 is 0.762. The maximum Gasteiger partial charge on any atom is 0.241 e. The Balaban J connectivity index is 2.37. The minimum Gasteiger partial charge on any atom is -0.352 e. The number of amides is 1. The lowest BCUT2D eigenvalue weighted by molar-refractivity contribution is -0.127. The molecule has 2 N–H and O–H groups in total. The van der Waals surface area contributed by atoms with Gasteiger partial charge >= 0.3 is 0 Å². The van der Waals surface area contributed by atoms with E-state index in [4.69, 9.17) is 11.6 Å². The Morgan fingerprint density at radius 3 is 2.67 bits per heavy atom. The van der Waals surface area contributed by atoms with E-state index in [0.29, 0.717) is 12.5 Å². The van der Waals surface area contributed by atoms with Crippen LogP contribution in [0.25, 0.3) is 0 Å². The molecule has 0 aliphatic carbocycles. The zero-order valence-electron chi connectivity index (χ0n) is 10.7. The van der Waals surface area contributed by atoms with E-state index in [1.807, 2.05) is 12.1 Å². The van der Waals surface area contributed by atoms with Crippen LogP contribution in [-0.4, -0.2) is 44.5 Å². The molecule has 0 fully saturated rings. The van der Waals surface area contributed by atoms with Gasteiger partial charge in [0, 0.05) is 26.0 Å². The number of halogens is 1. The minimum absolute atomic E-state index is 0.00267. The van der Waals surface area contributed by atoms with Crippen molar-refractivity contribution >= 4 is 34.8 Å². The average Bonchev–Trinajstić information content (AvgIpc) is 2.74. The van der Waals surface area contributed by atoms with Crippen molar-refractivity contribution < 1.29 is 4.79 Å². The van der Waals surface area contributed by atoms with Crippen molar-refractivity contribution in [2.75, 3.05) is 27.7 Å². The number of carbonyl (C=O) groups is 1. The molecule has 0 saturated heterocycles. The van der Waals surface area contributed by atoms with E-state index in [9.17, 15) is 4.79 Å². The number of rotatable bonds is 4. The van der Waals surface area contributed by atoms with Crippen LogP contribution >= 0.6 is 22.9 Å². The molecule has 0 aromatic carbocycles. The highest BCUT2D eigenvalue weighted by atomic mass is 35.5. The maximum atomic E-state index is 11.4. The number of hydrogen-bond donors (Lipinski definition) is 2. The number of hydrogen-bond acceptors (Lipinski definition) is 3. The quantitative estimate of drug-likeness (QED) is 0.646. The molecule has 7 heteroatoms. The van der Waals surface area contributed by atoms with Crippen LogP contribution in [0, 0.1) is 0 Å². The van der Waals surface area contributed by atoms with Gasteiger partial charge in [-0.05, 0) is 12.1 Å². The maximum absolute atomic E-state index is 11.4. The summed E-state index contributed by atoms with van der Waals surface area (Å²) in [5, 5.41) is 6.06. The Labute approximate surface area is 116 Å². The number of aliphatic imine (C=N–C) groups is 1. The first kappa shape index (κ1) is 14.8. The molecule has 0 spiro atoms. The predicted octanol–water partition coefficient (Wildman–Crippen LogP) is 1.15. The first-order chi connectivity index (χ1) is 8.52. The summed E-state index contributed by atoms with van der Waals surface area (Å²) in [6, 6.07) is 3.81. The van der Waals surface area contributed by atoms with Gasteiger partial charge in [0.25, 0.3) is 0 Å². The fraction of sp³-hybridized carbons (Fsp3) is 0.455. The van der Waals surface area contributed by atoms with Crippen molar-refractivity contribution in [2.24, 2.45) is 4.99 Å². The fourth-order valence-corrected chi connectivity index (χ4v) is 2.18. The molecule has 1 aromatic heterocycles. The molecule has 0 aliphatic heterocycles. The number of carbonyl (C=O) groups excluding carboxylic acids is 1. The zero-order valence-corrected chi connectivity index (χ0v) is 12.2. The molecule has 1 amide bonds.